The van der Waals surface area contributed by atoms with Gasteiger partial charge < -0.3 is 5.73 Å². The molecule has 0 atom stereocenters. The molecule has 0 aliphatic heterocycles. The highest BCUT2D eigenvalue weighted by molar-refractivity contribution is 7.80. The predicted octanol–water partition coefficient (Wildman–Crippen LogP) is 3.33. The van der Waals surface area contributed by atoms with E-state index in [9.17, 15) is 0 Å². The molecule has 0 spiro atoms. The van der Waals surface area contributed by atoms with Crippen LogP contribution in [0.3, 0.4) is 0 Å². The van der Waals surface area contributed by atoms with Crippen molar-refractivity contribution in [3.63, 3.8) is 0 Å². The lowest BCUT2D eigenvalue weighted by Crippen LogP contribution is -2.13. The van der Waals surface area contributed by atoms with Crippen LogP contribution in [0.15, 0.2) is 42.6 Å². The van der Waals surface area contributed by atoms with Crippen LogP contribution in [0.2, 0.25) is 0 Å². The van der Waals surface area contributed by atoms with Gasteiger partial charge in [0.25, 0.3) is 0 Å². The Morgan fingerprint density at radius 3 is 2.41 bits per heavy atom. The molecule has 0 saturated carbocycles. The maximum Gasteiger partial charge on any atom is 0.165 e. The molecule has 3 aromatic rings. The normalized spacial score (nSPS) is 11.8. The minimum atomic E-state index is -0.133. The molecule has 112 valence electrons. The van der Waals surface area contributed by atoms with E-state index in [-0.39, 0.29) is 5.41 Å². The van der Waals surface area contributed by atoms with E-state index in [1.165, 1.54) is 0 Å². The SMILES string of the molecule is CC(C)(C)c1nc2c(C(N)=S)cc(-c3ccccc3)cn2n1. The number of hydrogen-bond donors (Lipinski definition) is 1. The Bertz CT molecular complexity index is 844. The van der Waals surface area contributed by atoms with Crippen molar-refractivity contribution in [1.82, 2.24) is 14.6 Å². The Hall–Kier alpha value is -2.27. The van der Waals surface area contributed by atoms with Gasteiger partial charge in [0, 0.05) is 17.2 Å². The Morgan fingerprint density at radius 2 is 1.82 bits per heavy atom. The van der Waals surface area contributed by atoms with Crippen LogP contribution in [-0.4, -0.2) is 19.6 Å². The van der Waals surface area contributed by atoms with Gasteiger partial charge in [-0.05, 0) is 11.6 Å². The van der Waals surface area contributed by atoms with Crippen LogP contribution in [0.25, 0.3) is 16.8 Å². The molecule has 1 aromatic carbocycles. The molecule has 2 heterocycles. The van der Waals surface area contributed by atoms with Crippen molar-refractivity contribution in [2.24, 2.45) is 5.73 Å². The van der Waals surface area contributed by atoms with Gasteiger partial charge in [-0.25, -0.2) is 9.50 Å². The van der Waals surface area contributed by atoms with Crippen molar-refractivity contribution >= 4 is 22.9 Å². The zero-order chi connectivity index (χ0) is 15.9. The second-order valence-corrected chi connectivity index (χ2v) is 6.77. The molecule has 0 saturated heterocycles. The molecule has 0 aliphatic carbocycles. The number of nitrogens with zero attached hydrogens (tertiary/aromatic N) is 3. The van der Waals surface area contributed by atoms with Crippen LogP contribution in [0.5, 0.6) is 0 Å². The first-order chi connectivity index (χ1) is 10.4. The van der Waals surface area contributed by atoms with Crippen LogP contribution >= 0.6 is 12.2 Å². The van der Waals surface area contributed by atoms with Crippen LogP contribution in [0.4, 0.5) is 0 Å². The molecule has 0 unspecified atom stereocenters. The van der Waals surface area contributed by atoms with E-state index in [1.54, 1.807) is 4.52 Å². The third kappa shape index (κ3) is 2.60. The van der Waals surface area contributed by atoms with Crippen molar-refractivity contribution in [3.05, 3.63) is 54.0 Å². The molecule has 0 aliphatic rings. The lowest BCUT2D eigenvalue weighted by atomic mass is 9.96. The maximum absolute atomic E-state index is 5.90. The van der Waals surface area contributed by atoms with E-state index in [4.69, 9.17) is 18.0 Å². The topological polar surface area (TPSA) is 56.2 Å². The Kier molecular flexibility index (Phi) is 3.45. The summed E-state index contributed by atoms with van der Waals surface area (Å²) in [5.41, 5.74) is 9.33. The van der Waals surface area contributed by atoms with Crippen LogP contribution in [0, 0.1) is 0 Å². The van der Waals surface area contributed by atoms with Gasteiger partial charge in [0.15, 0.2) is 11.5 Å². The molecule has 4 nitrogen and oxygen atoms in total. The minimum absolute atomic E-state index is 0.133. The van der Waals surface area contributed by atoms with Gasteiger partial charge in [0.1, 0.15) is 4.99 Å². The van der Waals surface area contributed by atoms with Gasteiger partial charge in [0.05, 0.1) is 5.56 Å². The number of aromatic nitrogens is 3. The number of fused-ring (bicyclic) bond motifs is 1. The summed E-state index contributed by atoms with van der Waals surface area (Å²) >= 11 is 5.20. The number of pyridine rings is 1. The van der Waals surface area contributed by atoms with E-state index in [1.807, 2.05) is 42.6 Å². The van der Waals surface area contributed by atoms with Gasteiger partial charge >= 0.3 is 0 Å². The zero-order valence-electron chi connectivity index (χ0n) is 12.9. The summed E-state index contributed by atoms with van der Waals surface area (Å²) in [4.78, 5) is 4.95. The van der Waals surface area contributed by atoms with Crippen LogP contribution < -0.4 is 5.73 Å². The van der Waals surface area contributed by atoms with Crippen molar-refractivity contribution in [1.29, 1.82) is 0 Å². The number of nitrogens with two attached hydrogens (primary N) is 1. The number of hydrogen-bond acceptors (Lipinski definition) is 3. The standard InChI is InChI=1S/C17H18N4S/c1-17(2,3)16-19-15-13(14(18)22)9-12(10-21(15)20-16)11-7-5-4-6-8-11/h4-10H,1-3H3,(H2,18,22). The summed E-state index contributed by atoms with van der Waals surface area (Å²) in [5, 5.41) is 4.60. The minimum Gasteiger partial charge on any atom is -0.389 e. The van der Waals surface area contributed by atoms with Crippen molar-refractivity contribution < 1.29 is 0 Å². The lowest BCUT2D eigenvalue weighted by molar-refractivity contribution is 0.545. The molecule has 2 N–H and O–H groups in total. The van der Waals surface area contributed by atoms with Gasteiger partial charge in [-0.2, -0.15) is 5.10 Å². The van der Waals surface area contributed by atoms with E-state index in [0.717, 1.165) is 22.5 Å². The Balaban J connectivity index is 2.28. The van der Waals surface area contributed by atoms with E-state index in [2.05, 4.69) is 30.9 Å². The lowest BCUT2D eigenvalue weighted by Gasteiger charge is -2.11. The molecule has 0 bridgehead atoms. The first-order valence-corrected chi connectivity index (χ1v) is 7.53. The van der Waals surface area contributed by atoms with E-state index < -0.39 is 0 Å². The Morgan fingerprint density at radius 1 is 1.14 bits per heavy atom. The molecule has 5 heteroatoms. The summed E-state index contributed by atoms with van der Waals surface area (Å²) in [6, 6.07) is 12.1. The maximum atomic E-state index is 5.90. The monoisotopic (exact) mass is 310 g/mol. The van der Waals surface area contributed by atoms with Crippen molar-refractivity contribution in [2.75, 3.05) is 0 Å². The molecule has 0 fully saturated rings. The largest absolute Gasteiger partial charge is 0.389 e. The molecule has 22 heavy (non-hydrogen) atoms. The first-order valence-electron chi connectivity index (χ1n) is 7.12. The highest BCUT2D eigenvalue weighted by atomic mass is 32.1. The van der Waals surface area contributed by atoms with E-state index in [0.29, 0.717) is 10.6 Å². The first kappa shape index (κ1) is 14.7. The average Bonchev–Trinajstić information content (AvgIpc) is 2.91. The summed E-state index contributed by atoms with van der Waals surface area (Å²) < 4.78 is 1.78. The Labute approximate surface area is 135 Å². The zero-order valence-corrected chi connectivity index (χ0v) is 13.7. The second kappa shape index (κ2) is 5.18. The molecule has 2 aromatic heterocycles. The molecular formula is C17H18N4S. The number of benzene rings is 1. The highest BCUT2D eigenvalue weighted by Crippen LogP contribution is 2.25. The molecule has 0 radical (unpaired) electrons. The van der Waals surface area contributed by atoms with Gasteiger partial charge in [-0.1, -0.05) is 63.3 Å². The fourth-order valence-electron chi connectivity index (χ4n) is 2.27. The summed E-state index contributed by atoms with van der Waals surface area (Å²) in [5.74, 6) is 0.773. The number of thiocarbonyl (C=S) groups is 1. The van der Waals surface area contributed by atoms with Gasteiger partial charge in [-0.3, -0.25) is 0 Å². The van der Waals surface area contributed by atoms with Gasteiger partial charge in [-0.15, -0.1) is 0 Å². The summed E-state index contributed by atoms with van der Waals surface area (Å²) in [6.07, 6.45) is 1.97. The predicted molar refractivity (Wildman–Crippen MR) is 93.0 cm³/mol. The second-order valence-electron chi connectivity index (χ2n) is 6.33. The fraction of sp³-hybridized carbons (Fsp3) is 0.235. The smallest absolute Gasteiger partial charge is 0.165 e. The summed E-state index contributed by atoms with van der Waals surface area (Å²) in [6.45, 7) is 6.25. The van der Waals surface area contributed by atoms with Crippen LogP contribution in [-0.2, 0) is 5.41 Å². The third-order valence-corrected chi connectivity index (χ3v) is 3.70. The van der Waals surface area contributed by atoms with Gasteiger partial charge in [0.2, 0.25) is 0 Å². The number of rotatable bonds is 2. The molecule has 0 amide bonds. The fourth-order valence-corrected chi connectivity index (χ4v) is 2.42. The third-order valence-electron chi connectivity index (χ3n) is 3.48. The van der Waals surface area contributed by atoms with Crippen molar-refractivity contribution in [2.45, 2.75) is 26.2 Å². The molecule has 3 rings (SSSR count). The van der Waals surface area contributed by atoms with Crippen LogP contribution in [0.1, 0.15) is 32.2 Å². The molecular weight excluding hydrogens is 292 g/mol. The summed E-state index contributed by atoms with van der Waals surface area (Å²) in [7, 11) is 0. The van der Waals surface area contributed by atoms with Crippen molar-refractivity contribution in [3.8, 4) is 11.1 Å². The highest BCUT2D eigenvalue weighted by Gasteiger charge is 2.21. The quantitative estimate of drug-likeness (QED) is 0.738. The van der Waals surface area contributed by atoms with E-state index >= 15 is 0 Å². The average molecular weight is 310 g/mol.